The number of phenolic OH excluding ortho intramolecular Hbond substituents is 1. The predicted molar refractivity (Wildman–Crippen MR) is 69.0 cm³/mol. The summed E-state index contributed by atoms with van der Waals surface area (Å²) in [5, 5.41) is 9.75. The molecule has 2 rings (SSSR count). The third-order valence-corrected chi connectivity index (χ3v) is 3.39. The van der Waals surface area contributed by atoms with Crippen molar-refractivity contribution >= 4 is 0 Å². The highest BCUT2D eigenvalue weighted by Crippen LogP contribution is 2.22. The minimum absolute atomic E-state index is 0.111. The minimum atomic E-state index is -0.111. The number of aromatic hydroxyl groups is 1. The maximum atomic E-state index is 9.75. The smallest absolute Gasteiger partial charge is 0.120 e. The number of rotatable bonds is 3. The van der Waals surface area contributed by atoms with Gasteiger partial charge in [-0.25, -0.2) is 0 Å². The number of likely N-dealkylation sites (N-methyl/N-ethyl adjacent to an activating group) is 1. The second-order valence-electron chi connectivity index (χ2n) is 4.77. The number of phenols is 1. The molecule has 0 aromatic heterocycles. The monoisotopic (exact) mass is 235 g/mol. The molecule has 1 saturated heterocycles. The Morgan fingerprint density at radius 2 is 1.88 bits per heavy atom. The van der Waals surface area contributed by atoms with Gasteiger partial charge in [0.25, 0.3) is 0 Å². The third-order valence-electron chi connectivity index (χ3n) is 3.39. The van der Waals surface area contributed by atoms with Crippen molar-refractivity contribution in [1.29, 1.82) is 0 Å². The van der Waals surface area contributed by atoms with E-state index >= 15 is 0 Å². The van der Waals surface area contributed by atoms with Crippen LogP contribution in [0.25, 0.3) is 0 Å². The molecule has 3 N–H and O–H groups in total. The maximum absolute atomic E-state index is 9.75. The number of piperazine rings is 1. The molecule has 1 heterocycles. The van der Waals surface area contributed by atoms with Gasteiger partial charge in [-0.3, -0.25) is 4.90 Å². The molecule has 94 valence electrons. The van der Waals surface area contributed by atoms with E-state index in [-0.39, 0.29) is 6.04 Å². The molecule has 1 unspecified atom stereocenters. The van der Waals surface area contributed by atoms with Crippen molar-refractivity contribution in [3.63, 3.8) is 0 Å². The van der Waals surface area contributed by atoms with Crippen LogP contribution in [0.1, 0.15) is 11.6 Å². The van der Waals surface area contributed by atoms with Crippen molar-refractivity contribution in [3.8, 4) is 5.75 Å². The Morgan fingerprint density at radius 1 is 1.24 bits per heavy atom. The first-order chi connectivity index (χ1) is 8.16. The van der Waals surface area contributed by atoms with Crippen LogP contribution in [0.2, 0.25) is 0 Å². The standard InChI is InChI=1S/C13H21N3O/c1-15-6-8-16(9-7-15)10-12(14)11-4-2-3-5-13(11)17/h2-5,12,17H,6-10,14H2,1H3. The van der Waals surface area contributed by atoms with Gasteiger partial charge in [0.15, 0.2) is 0 Å². The fourth-order valence-electron chi connectivity index (χ4n) is 2.21. The van der Waals surface area contributed by atoms with Crippen molar-refractivity contribution in [2.45, 2.75) is 6.04 Å². The molecule has 1 atom stereocenters. The fourth-order valence-corrected chi connectivity index (χ4v) is 2.21. The van der Waals surface area contributed by atoms with E-state index in [1.165, 1.54) is 0 Å². The van der Waals surface area contributed by atoms with E-state index in [4.69, 9.17) is 5.73 Å². The SMILES string of the molecule is CN1CCN(CC(N)c2ccccc2O)CC1. The van der Waals surface area contributed by atoms with Crippen molar-refractivity contribution in [3.05, 3.63) is 29.8 Å². The van der Waals surface area contributed by atoms with Crippen LogP contribution < -0.4 is 5.73 Å². The lowest BCUT2D eigenvalue weighted by Gasteiger charge is -2.33. The van der Waals surface area contributed by atoms with Crippen LogP contribution >= 0.6 is 0 Å². The Bertz CT molecular complexity index is 361. The molecule has 1 aliphatic rings. The molecule has 1 aromatic rings. The van der Waals surface area contributed by atoms with Crippen LogP contribution in [-0.4, -0.2) is 54.7 Å². The maximum Gasteiger partial charge on any atom is 0.120 e. The molecule has 4 heteroatoms. The molecular formula is C13H21N3O. The van der Waals surface area contributed by atoms with E-state index in [0.29, 0.717) is 5.75 Å². The second kappa shape index (κ2) is 5.49. The molecule has 0 radical (unpaired) electrons. The number of nitrogens with two attached hydrogens (primary N) is 1. The Kier molecular flexibility index (Phi) is 3.99. The first-order valence-corrected chi connectivity index (χ1v) is 6.11. The van der Waals surface area contributed by atoms with Gasteiger partial charge >= 0.3 is 0 Å². The van der Waals surface area contributed by atoms with Crippen LogP contribution in [0.5, 0.6) is 5.75 Å². The average Bonchev–Trinajstić information content (AvgIpc) is 2.32. The summed E-state index contributed by atoms with van der Waals surface area (Å²) in [6.45, 7) is 5.10. The molecule has 4 nitrogen and oxygen atoms in total. The topological polar surface area (TPSA) is 52.7 Å². The Morgan fingerprint density at radius 3 is 2.53 bits per heavy atom. The van der Waals surface area contributed by atoms with Crippen LogP contribution in [0.15, 0.2) is 24.3 Å². The summed E-state index contributed by atoms with van der Waals surface area (Å²) >= 11 is 0. The Hall–Kier alpha value is -1.10. The minimum Gasteiger partial charge on any atom is -0.508 e. The first kappa shape index (κ1) is 12.4. The number of benzene rings is 1. The lowest BCUT2D eigenvalue weighted by molar-refractivity contribution is 0.147. The van der Waals surface area contributed by atoms with Gasteiger partial charge in [0.2, 0.25) is 0 Å². The Balaban J connectivity index is 1.93. The largest absolute Gasteiger partial charge is 0.508 e. The first-order valence-electron chi connectivity index (χ1n) is 6.11. The van der Waals surface area contributed by atoms with Crippen LogP contribution in [-0.2, 0) is 0 Å². The summed E-state index contributed by atoms with van der Waals surface area (Å²) in [5.41, 5.74) is 6.99. The number of nitrogens with zero attached hydrogens (tertiary/aromatic N) is 2. The van der Waals surface area contributed by atoms with Gasteiger partial charge in [0.1, 0.15) is 5.75 Å². The quantitative estimate of drug-likeness (QED) is 0.807. The highest BCUT2D eigenvalue weighted by Gasteiger charge is 2.18. The summed E-state index contributed by atoms with van der Waals surface area (Å²) in [6, 6.07) is 7.22. The highest BCUT2D eigenvalue weighted by atomic mass is 16.3. The molecule has 0 saturated carbocycles. The normalized spacial score (nSPS) is 20.4. The van der Waals surface area contributed by atoms with Crippen molar-refractivity contribution in [1.82, 2.24) is 9.80 Å². The second-order valence-corrected chi connectivity index (χ2v) is 4.77. The summed E-state index contributed by atoms with van der Waals surface area (Å²) in [6.07, 6.45) is 0. The average molecular weight is 235 g/mol. The van der Waals surface area contributed by atoms with Crippen molar-refractivity contribution in [2.75, 3.05) is 39.8 Å². The lowest BCUT2D eigenvalue weighted by Crippen LogP contribution is -2.46. The van der Waals surface area contributed by atoms with E-state index in [1.807, 2.05) is 18.2 Å². The predicted octanol–water partition coefficient (Wildman–Crippen LogP) is 0.639. The van der Waals surface area contributed by atoms with Gasteiger partial charge in [-0.15, -0.1) is 0 Å². The van der Waals surface area contributed by atoms with Gasteiger partial charge < -0.3 is 15.7 Å². The van der Waals surface area contributed by atoms with Gasteiger partial charge in [-0.05, 0) is 13.1 Å². The summed E-state index contributed by atoms with van der Waals surface area (Å²) < 4.78 is 0. The van der Waals surface area contributed by atoms with Crippen LogP contribution in [0, 0.1) is 0 Å². The molecule has 1 aromatic carbocycles. The zero-order valence-corrected chi connectivity index (χ0v) is 10.3. The van der Waals surface area contributed by atoms with E-state index in [2.05, 4.69) is 16.8 Å². The van der Waals surface area contributed by atoms with Gasteiger partial charge in [0.05, 0.1) is 0 Å². The van der Waals surface area contributed by atoms with Crippen LogP contribution in [0.4, 0.5) is 0 Å². The molecule has 17 heavy (non-hydrogen) atoms. The Labute approximate surface area is 103 Å². The lowest BCUT2D eigenvalue weighted by atomic mass is 10.1. The van der Waals surface area contributed by atoms with Crippen molar-refractivity contribution < 1.29 is 5.11 Å². The van der Waals surface area contributed by atoms with Gasteiger partial charge in [-0.1, -0.05) is 18.2 Å². The number of hydrogen-bond donors (Lipinski definition) is 2. The number of para-hydroxylation sites is 1. The summed E-state index contributed by atoms with van der Waals surface area (Å²) in [7, 11) is 2.14. The van der Waals surface area contributed by atoms with E-state index < -0.39 is 0 Å². The third kappa shape index (κ3) is 3.19. The molecule has 0 aliphatic carbocycles. The zero-order chi connectivity index (χ0) is 12.3. The molecule has 1 fully saturated rings. The highest BCUT2D eigenvalue weighted by molar-refractivity contribution is 5.34. The van der Waals surface area contributed by atoms with Crippen LogP contribution in [0.3, 0.4) is 0 Å². The van der Waals surface area contributed by atoms with E-state index in [9.17, 15) is 5.11 Å². The van der Waals surface area contributed by atoms with E-state index in [1.54, 1.807) is 6.07 Å². The molecule has 0 amide bonds. The molecule has 0 spiro atoms. The molecular weight excluding hydrogens is 214 g/mol. The van der Waals surface area contributed by atoms with Crippen molar-refractivity contribution in [2.24, 2.45) is 5.73 Å². The molecule has 0 bridgehead atoms. The summed E-state index contributed by atoms with van der Waals surface area (Å²) in [4.78, 5) is 4.68. The van der Waals surface area contributed by atoms with E-state index in [0.717, 1.165) is 38.3 Å². The van der Waals surface area contributed by atoms with Gasteiger partial charge in [0, 0.05) is 44.3 Å². The summed E-state index contributed by atoms with van der Waals surface area (Å²) in [5.74, 6) is 0.300. The number of hydrogen-bond acceptors (Lipinski definition) is 4. The fraction of sp³-hybridized carbons (Fsp3) is 0.538. The van der Waals surface area contributed by atoms with Gasteiger partial charge in [-0.2, -0.15) is 0 Å². The molecule has 1 aliphatic heterocycles. The zero-order valence-electron chi connectivity index (χ0n) is 10.3.